The summed E-state index contributed by atoms with van der Waals surface area (Å²) in [7, 11) is 0. The molecule has 2 nitrogen and oxygen atoms in total. The Bertz CT molecular complexity index is 428. The maximum Gasteiger partial charge on any atom is 0.127 e. The zero-order chi connectivity index (χ0) is 12.6. The van der Waals surface area contributed by atoms with Crippen LogP contribution in [0.3, 0.4) is 0 Å². The molecule has 1 N–H and O–H groups in total. The van der Waals surface area contributed by atoms with Crippen LogP contribution >= 0.6 is 15.9 Å². The van der Waals surface area contributed by atoms with Crippen molar-refractivity contribution in [3.8, 4) is 5.75 Å². The highest BCUT2D eigenvalue weighted by Gasteiger charge is 2.34. The molecule has 1 atom stereocenters. The summed E-state index contributed by atoms with van der Waals surface area (Å²) in [6, 6.07) is 4.67. The zero-order valence-electron chi connectivity index (χ0n) is 10.9. The average Bonchev–Trinajstić information content (AvgIpc) is 2.19. The van der Waals surface area contributed by atoms with Gasteiger partial charge in [-0.3, -0.25) is 0 Å². The van der Waals surface area contributed by atoms with Gasteiger partial charge in [-0.25, -0.2) is 0 Å². The summed E-state index contributed by atoms with van der Waals surface area (Å²) < 4.78 is 7.25. The van der Waals surface area contributed by atoms with Gasteiger partial charge in [-0.15, -0.1) is 0 Å². The maximum atomic E-state index is 6.12. The Hall–Kier alpha value is -0.540. The van der Waals surface area contributed by atoms with Gasteiger partial charge in [0, 0.05) is 22.5 Å². The Morgan fingerprint density at radius 3 is 2.82 bits per heavy atom. The Morgan fingerprint density at radius 2 is 2.18 bits per heavy atom. The number of fused-ring (bicyclic) bond motifs is 1. The molecule has 0 saturated heterocycles. The third-order valence-electron chi connectivity index (χ3n) is 3.17. The van der Waals surface area contributed by atoms with Crippen molar-refractivity contribution in [1.82, 2.24) is 5.32 Å². The molecule has 2 rings (SSSR count). The first-order chi connectivity index (χ1) is 7.93. The molecular formula is C14H20BrNO. The van der Waals surface area contributed by atoms with E-state index in [1.165, 1.54) is 11.1 Å². The van der Waals surface area contributed by atoms with E-state index >= 15 is 0 Å². The van der Waals surface area contributed by atoms with Crippen LogP contribution in [0.25, 0.3) is 0 Å². The summed E-state index contributed by atoms with van der Waals surface area (Å²) in [5.41, 5.74) is 2.38. The van der Waals surface area contributed by atoms with E-state index in [-0.39, 0.29) is 5.60 Å². The topological polar surface area (TPSA) is 21.3 Å². The molecule has 0 radical (unpaired) electrons. The van der Waals surface area contributed by atoms with Crippen LogP contribution in [0.2, 0.25) is 0 Å². The number of ether oxygens (including phenoxy) is 1. The number of rotatable bonds is 2. The summed E-state index contributed by atoms with van der Waals surface area (Å²) in [6.45, 7) is 9.54. The monoisotopic (exact) mass is 297 g/mol. The first-order valence-electron chi connectivity index (χ1n) is 6.15. The molecule has 0 bridgehead atoms. The van der Waals surface area contributed by atoms with Gasteiger partial charge >= 0.3 is 0 Å². The standard InChI is InChI=1S/C14H20BrNO/c1-5-16-12-8-14(3,4)17-13-9(2)6-10(15)7-11(12)13/h6-7,12,16H,5,8H2,1-4H3. The lowest BCUT2D eigenvalue weighted by Gasteiger charge is -2.39. The zero-order valence-corrected chi connectivity index (χ0v) is 12.5. The minimum Gasteiger partial charge on any atom is -0.487 e. The summed E-state index contributed by atoms with van der Waals surface area (Å²) in [4.78, 5) is 0. The average molecular weight is 298 g/mol. The van der Waals surface area contributed by atoms with E-state index in [0.29, 0.717) is 6.04 Å². The van der Waals surface area contributed by atoms with Crippen LogP contribution in [0.4, 0.5) is 0 Å². The second-order valence-corrected chi connectivity index (χ2v) is 6.23. The third kappa shape index (κ3) is 2.66. The Balaban J connectivity index is 2.48. The Kier molecular flexibility index (Phi) is 3.50. The molecule has 1 aliphatic rings. The van der Waals surface area contributed by atoms with Crippen molar-refractivity contribution >= 4 is 15.9 Å². The van der Waals surface area contributed by atoms with Gasteiger partial charge in [-0.1, -0.05) is 22.9 Å². The molecule has 0 aliphatic carbocycles. The molecule has 94 valence electrons. The molecule has 1 heterocycles. The van der Waals surface area contributed by atoms with Crippen LogP contribution < -0.4 is 10.1 Å². The molecule has 0 saturated carbocycles. The van der Waals surface area contributed by atoms with Crippen molar-refractivity contribution in [3.05, 3.63) is 27.7 Å². The van der Waals surface area contributed by atoms with Gasteiger partial charge < -0.3 is 10.1 Å². The highest BCUT2D eigenvalue weighted by Crippen LogP contribution is 2.42. The highest BCUT2D eigenvalue weighted by atomic mass is 79.9. The van der Waals surface area contributed by atoms with E-state index in [4.69, 9.17) is 4.74 Å². The summed E-state index contributed by atoms with van der Waals surface area (Å²) in [5, 5.41) is 3.55. The fraction of sp³-hybridized carbons (Fsp3) is 0.571. The molecule has 1 unspecified atom stereocenters. The van der Waals surface area contributed by atoms with Crippen LogP contribution in [-0.4, -0.2) is 12.1 Å². The van der Waals surface area contributed by atoms with Crippen molar-refractivity contribution < 1.29 is 4.74 Å². The van der Waals surface area contributed by atoms with Crippen molar-refractivity contribution in [2.75, 3.05) is 6.54 Å². The number of benzene rings is 1. The lowest BCUT2D eigenvalue weighted by Crippen LogP contribution is -2.39. The van der Waals surface area contributed by atoms with Gasteiger partial charge in [0.2, 0.25) is 0 Å². The lowest BCUT2D eigenvalue weighted by molar-refractivity contribution is 0.0655. The Labute approximate surface area is 112 Å². The minimum absolute atomic E-state index is 0.0988. The van der Waals surface area contributed by atoms with Gasteiger partial charge in [0.1, 0.15) is 11.4 Å². The van der Waals surface area contributed by atoms with Gasteiger partial charge in [-0.05, 0) is 45.0 Å². The quantitative estimate of drug-likeness (QED) is 0.892. The fourth-order valence-corrected chi connectivity index (χ4v) is 3.09. The smallest absolute Gasteiger partial charge is 0.127 e. The summed E-state index contributed by atoms with van der Waals surface area (Å²) >= 11 is 3.57. The van der Waals surface area contributed by atoms with Crippen LogP contribution in [0, 0.1) is 6.92 Å². The van der Waals surface area contributed by atoms with Gasteiger partial charge in [0.15, 0.2) is 0 Å². The predicted molar refractivity (Wildman–Crippen MR) is 74.6 cm³/mol. The molecule has 0 spiro atoms. The maximum absolute atomic E-state index is 6.12. The van der Waals surface area contributed by atoms with Crippen LogP contribution in [0.15, 0.2) is 16.6 Å². The van der Waals surface area contributed by atoms with E-state index in [9.17, 15) is 0 Å². The van der Waals surface area contributed by atoms with Crippen molar-refractivity contribution in [2.24, 2.45) is 0 Å². The number of hydrogen-bond acceptors (Lipinski definition) is 2. The van der Waals surface area contributed by atoms with E-state index in [0.717, 1.165) is 23.2 Å². The number of aryl methyl sites for hydroxylation is 1. The number of hydrogen-bond donors (Lipinski definition) is 1. The predicted octanol–water partition coefficient (Wildman–Crippen LogP) is 3.97. The SMILES string of the molecule is CCNC1CC(C)(C)Oc2c(C)cc(Br)cc21. The van der Waals surface area contributed by atoms with Gasteiger partial charge in [0.05, 0.1) is 0 Å². The van der Waals surface area contributed by atoms with Crippen LogP contribution in [-0.2, 0) is 0 Å². The molecule has 0 fully saturated rings. The lowest BCUT2D eigenvalue weighted by atomic mass is 9.88. The van der Waals surface area contributed by atoms with Crippen LogP contribution in [0.1, 0.15) is 44.4 Å². The number of halogens is 1. The first-order valence-corrected chi connectivity index (χ1v) is 6.94. The minimum atomic E-state index is -0.0988. The Morgan fingerprint density at radius 1 is 1.47 bits per heavy atom. The summed E-state index contributed by atoms with van der Waals surface area (Å²) in [6.07, 6.45) is 1.00. The first kappa shape index (κ1) is 12.9. The van der Waals surface area contributed by atoms with E-state index < -0.39 is 0 Å². The second-order valence-electron chi connectivity index (χ2n) is 5.32. The highest BCUT2D eigenvalue weighted by molar-refractivity contribution is 9.10. The van der Waals surface area contributed by atoms with Crippen LogP contribution in [0.5, 0.6) is 5.75 Å². The fourth-order valence-electron chi connectivity index (χ4n) is 2.50. The van der Waals surface area contributed by atoms with Crippen molar-refractivity contribution in [1.29, 1.82) is 0 Å². The van der Waals surface area contributed by atoms with Gasteiger partial charge in [0.25, 0.3) is 0 Å². The number of nitrogens with one attached hydrogen (secondary N) is 1. The van der Waals surface area contributed by atoms with Gasteiger partial charge in [-0.2, -0.15) is 0 Å². The third-order valence-corrected chi connectivity index (χ3v) is 3.63. The van der Waals surface area contributed by atoms with E-state index in [2.05, 4.69) is 61.1 Å². The second kappa shape index (κ2) is 4.62. The molecular weight excluding hydrogens is 278 g/mol. The molecule has 17 heavy (non-hydrogen) atoms. The largest absolute Gasteiger partial charge is 0.487 e. The molecule has 3 heteroatoms. The van der Waals surface area contributed by atoms with Crippen molar-refractivity contribution in [2.45, 2.75) is 45.8 Å². The van der Waals surface area contributed by atoms with Crippen molar-refractivity contribution in [3.63, 3.8) is 0 Å². The van der Waals surface area contributed by atoms with E-state index in [1.807, 2.05) is 0 Å². The normalized spacial score (nSPS) is 21.8. The summed E-state index contributed by atoms with van der Waals surface area (Å²) in [5.74, 6) is 1.05. The molecule has 0 aromatic heterocycles. The molecule has 1 aliphatic heterocycles. The van der Waals surface area contributed by atoms with E-state index in [1.54, 1.807) is 0 Å². The molecule has 0 amide bonds. The molecule has 1 aromatic carbocycles. The molecule has 1 aromatic rings.